The fourth-order valence-electron chi connectivity index (χ4n) is 2.27. The van der Waals surface area contributed by atoms with Gasteiger partial charge in [0.25, 0.3) is 0 Å². The van der Waals surface area contributed by atoms with Crippen molar-refractivity contribution in [1.82, 2.24) is 9.80 Å². The molecule has 0 atom stereocenters. The maximum atomic E-state index is 10.8. The smallest absolute Gasteiger partial charge is 0.152 e. The topological polar surface area (TPSA) is 23.6 Å². The second kappa shape index (κ2) is 7.62. The van der Waals surface area contributed by atoms with Gasteiger partial charge in [-0.25, -0.2) is 0 Å². The minimum atomic E-state index is 0.140. The van der Waals surface area contributed by atoms with Crippen molar-refractivity contribution in [3.8, 4) is 0 Å². The molecule has 1 saturated heterocycles. The first-order valence-corrected chi connectivity index (χ1v) is 6.69. The third-order valence-corrected chi connectivity index (χ3v) is 3.02. The number of allylic oxidation sites excluding steroid dienone is 1. The van der Waals surface area contributed by atoms with Gasteiger partial charge in [0.05, 0.1) is 0 Å². The van der Waals surface area contributed by atoms with Crippen molar-refractivity contribution in [1.29, 1.82) is 0 Å². The SMILES string of the molecule is CC(=O)/C=C/CN1CCCN(CC(C)C)CC1. The number of carbonyl (C=O) groups excluding carboxylic acids is 1. The van der Waals surface area contributed by atoms with Gasteiger partial charge in [-0.15, -0.1) is 0 Å². The van der Waals surface area contributed by atoms with Crippen LogP contribution in [-0.4, -0.2) is 54.9 Å². The van der Waals surface area contributed by atoms with Gasteiger partial charge in [0.2, 0.25) is 0 Å². The summed E-state index contributed by atoms with van der Waals surface area (Å²) in [4.78, 5) is 15.8. The zero-order chi connectivity index (χ0) is 12.7. The molecular formula is C14H26N2O. The van der Waals surface area contributed by atoms with Crippen LogP contribution in [0.4, 0.5) is 0 Å². The Morgan fingerprint density at radius 1 is 1.18 bits per heavy atom. The first-order chi connectivity index (χ1) is 8.08. The Kier molecular flexibility index (Phi) is 6.45. The molecule has 0 saturated carbocycles. The minimum Gasteiger partial charge on any atom is -0.302 e. The lowest BCUT2D eigenvalue weighted by atomic mass is 10.2. The molecule has 1 heterocycles. The van der Waals surface area contributed by atoms with Gasteiger partial charge < -0.3 is 4.90 Å². The summed E-state index contributed by atoms with van der Waals surface area (Å²) in [6.45, 7) is 12.9. The summed E-state index contributed by atoms with van der Waals surface area (Å²) >= 11 is 0. The first kappa shape index (κ1) is 14.4. The van der Waals surface area contributed by atoms with Gasteiger partial charge in [-0.1, -0.05) is 19.9 Å². The van der Waals surface area contributed by atoms with Crippen molar-refractivity contribution >= 4 is 5.78 Å². The van der Waals surface area contributed by atoms with E-state index in [-0.39, 0.29) is 5.78 Å². The van der Waals surface area contributed by atoms with Crippen molar-refractivity contribution in [3.63, 3.8) is 0 Å². The summed E-state index contributed by atoms with van der Waals surface area (Å²) in [7, 11) is 0. The molecule has 0 spiro atoms. The molecule has 0 aromatic carbocycles. The quantitative estimate of drug-likeness (QED) is 0.682. The molecule has 1 rings (SSSR count). The molecule has 17 heavy (non-hydrogen) atoms. The summed E-state index contributed by atoms with van der Waals surface area (Å²) < 4.78 is 0. The van der Waals surface area contributed by atoms with Crippen molar-refractivity contribution in [2.75, 3.05) is 39.3 Å². The van der Waals surface area contributed by atoms with E-state index >= 15 is 0 Å². The largest absolute Gasteiger partial charge is 0.302 e. The Morgan fingerprint density at radius 2 is 1.82 bits per heavy atom. The lowest BCUT2D eigenvalue weighted by Crippen LogP contribution is -2.33. The molecule has 98 valence electrons. The van der Waals surface area contributed by atoms with Crippen LogP contribution in [0.5, 0.6) is 0 Å². The second-order valence-corrected chi connectivity index (χ2v) is 5.36. The third-order valence-electron chi connectivity index (χ3n) is 3.02. The molecule has 0 radical (unpaired) electrons. The fourth-order valence-corrected chi connectivity index (χ4v) is 2.27. The Hall–Kier alpha value is -0.670. The Balaban J connectivity index is 2.29. The summed E-state index contributed by atoms with van der Waals surface area (Å²) in [6.07, 6.45) is 4.90. The average molecular weight is 238 g/mol. The Labute approximate surface area is 105 Å². The van der Waals surface area contributed by atoms with Crippen molar-refractivity contribution in [2.45, 2.75) is 27.2 Å². The predicted molar refractivity (Wildman–Crippen MR) is 72.2 cm³/mol. The average Bonchev–Trinajstić information content (AvgIpc) is 2.43. The summed E-state index contributed by atoms with van der Waals surface area (Å²) in [5.74, 6) is 0.889. The number of rotatable bonds is 5. The van der Waals surface area contributed by atoms with Crippen LogP contribution in [0.1, 0.15) is 27.2 Å². The van der Waals surface area contributed by atoms with Crippen LogP contribution < -0.4 is 0 Å². The molecule has 0 unspecified atom stereocenters. The highest BCUT2D eigenvalue weighted by Gasteiger charge is 2.14. The van der Waals surface area contributed by atoms with E-state index in [0.29, 0.717) is 0 Å². The van der Waals surface area contributed by atoms with Crippen molar-refractivity contribution < 1.29 is 4.79 Å². The molecule has 0 amide bonds. The molecule has 0 aromatic heterocycles. The zero-order valence-electron chi connectivity index (χ0n) is 11.5. The predicted octanol–water partition coefficient (Wildman–Crippen LogP) is 1.80. The normalized spacial score (nSPS) is 20.0. The van der Waals surface area contributed by atoms with Crippen molar-refractivity contribution in [2.24, 2.45) is 5.92 Å². The van der Waals surface area contributed by atoms with Crippen LogP contribution in [0.15, 0.2) is 12.2 Å². The lowest BCUT2D eigenvalue weighted by Gasteiger charge is -2.22. The summed E-state index contributed by atoms with van der Waals surface area (Å²) in [5, 5.41) is 0. The third kappa shape index (κ3) is 6.59. The van der Waals surface area contributed by atoms with E-state index in [4.69, 9.17) is 0 Å². The van der Waals surface area contributed by atoms with E-state index in [2.05, 4.69) is 23.6 Å². The number of hydrogen-bond acceptors (Lipinski definition) is 3. The molecule has 0 aromatic rings. The highest BCUT2D eigenvalue weighted by molar-refractivity contribution is 5.87. The van der Waals surface area contributed by atoms with Crippen LogP contribution in [0.2, 0.25) is 0 Å². The number of carbonyl (C=O) groups is 1. The van der Waals surface area contributed by atoms with Crippen LogP contribution in [-0.2, 0) is 4.79 Å². The van der Waals surface area contributed by atoms with Gasteiger partial charge in [-0.2, -0.15) is 0 Å². The summed E-state index contributed by atoms with van der Waals surface area (Å²) in [5.41, 5.74) is 0. The van der Waals surface area contributed by atoms with Crippen LogP contribution in [0, 0.1) is 5.92 Å². The van der Waals surface area contributed by atoms with Gasteiger partial charge in [0, 0.05) is 26.2 Å². The molecule has 0 aliphatic carbocycles. The van der Waals surface area contributed by atoms with Crippen molar-refractivity contribution in [3.05, 3.63) is 12.2 Å². The van der Waals surface area contributed by atoms with Gasteiger partial charge >= 0.3 is 0 Å². The van der Waals surface area contributed by atoms with E-state index in [0.717, 1.165) is 32.1 Å². The lowest BCUT2D eigenvalue weighted by molar-refractivity contribution is -0.112. The van der Waals surface area contributed by atoms with E-state index < -0.39 is 0 Å². The molecule has 3 nitrogen and oxygen atoms in total. The fraction of sp³-hybridized carbons (Fsp3) is 0.786. The van der Waals surface area contributed by atoms with E-state index in [1.165, 1.54) is 19.5 Å². The standard InChI is InChI=1S/C14H26N2O/c1-13(2)12-16-9-5-8-15(10-11-16)7-4-6-14(3)17/h4,6,13H,5,7-12H2,1-3H3/b6-4+. The highest BCUT2D eigenvalue weighted by atomic mass is 16.1. The molecule has 0 N–H and O–H groups in total. The molecule has 1 fully saturated rings. The van der Waals surface area contributed by atoms with Crippen LogP contribution >= 0.6 is 0 Å². The Bertz CT molecular complexity index is 261. The number of hydrogen-bond donors (Lipinski definition) is 0. The van der Waals surface area contributed by atoms with E-state index in [1.54, 1.807) is 13.0 Å². The first-order valence-electron chi connectivity index (χ1n) is 6.69. The molecule has 3 heteroatoms. The zero-order valence-corrected chi connectivity index (χ0v) is 11.5. The van der Waals surface area contributed by atoms with Crippen LogP contribution in [0.25, 0.3) is 0 Å². The second-order valence-electron chi connectivity index (χ2n) is 5.36. The molecule has 1 aliphatic heterocycles. The Morgan fingerprint density at radius 3 is 2.47 bits per heavy atom. The van der Waals surface area contributed by atoms with Gasteiger partial charge in [-0.3, -0.25) is 9.69 Å². The van der Waals surface area contributed by atoms with E-state index in [1.807, 2.05) is 6.08 Å². The maximum Gasteiger partial charge on any atom is 0.152 e. The van der Waals surface area contributed by atoms with Crippen LogP contribution in [0.3, 0.4) is 0 Å². The van der Waals surface area contributed by atoms with Gasteiger partial charge in [0.1, 0.15) is 0 Å². The number of ketones is 1. The monoisotopic (exact) mass is 238 g/mol. The number of nitrogens with zero attached hydrogens (tertiary/aromatic N) is 2. The van der Waals surface area contributed by atoms with E-state index in [9.17, 15) is 4.79 Å². The highest BCUT2D eigenvalue weighted by Crippen LogP contribution is 2.06. The summed E-state index contributed by atoms with van der Waals surface area (Å²) in [6, 6.07) is 0. The molecular weight excluding hydrogens is 212 g/mol. The van der Waals surface area contributed by atoms with Gasteiger partial charge in [0.15, 0.2) is 5.78 Å². The maximum absolute atomic E-state index is 10.8. The minimum absolute atomic E-state index is 0.140. The molecule has 1 aliphatic rings. The van der Waals surface area contributed by atoms with Gasteiger partial charge in [-0.05, 0) is 38.4 Å². The molecule has 0 bridgehead atoms.